The molecule has 0 saturated heterocycles. The number of anilines is 4. The van der Waals surface area contributed by atoms with Crippen molar-refractivity contribution in [1.82, 2.24) is 35.2 Å². The molecule has 0 unspecified atom stereocenters. The minimum atomic E-state index is -0.368. The first-order chi connectivity index (χ1) is 27.8. The van der Waals surface area contributed by atoms with E-state index in [-0.39, 0.29) is 31.1 Å². The number of methoxy groups -OCH3 is 1. The molecular formula is C44H63N9O6. The summed E-state index contributed by atoms with van der Waals surface area (Å²) in [5.41, 5.74) is 8.91. The van der Waals surface area contributed by atoms with E-state index in [1.165, 1.54) is 19.5 Å². The molecule has 4 N–H and O–H groups in total. The van der Waals surface area contributed by atoms with Gasteiger partial charge < -0.3 is 25.2 Å². The number of hydrogen-bond acceptors (Lipinski definition) is 12. The highest BCUT2D eigenvalue weighted by atomic mass is 16.5. The Morgan fingerprint density at radius 3 is 1.31 bits per heavy atom. The van der Waals surface area contributed by atoms with Crippen molar-refractivity contribution in [2.45, 2.75) is 99.3 Å². The number of nitrogens with one attached hydrogen (secondary N) is 3. The molecule has 0 aliphatic carbocycles. The fourth-order valence-corrected chi connectivity index (χ4v) is 6.01. The van der Waals surface area contributed by atoms with Crippen LogP contribution >= 0.6 is 0 Å². The average molecular weight is 814 g/mol. The third-order valence-corrected chi connectivity index (χ3v) is 9.55. The second kappa shape index (κ2) is 26.1. The van der Waals surface area contributed by atoms with E-state index in [2.05, 4.69) is 35.3 Å². The fraction of sp³-hybridized carbons (Fsp3) is 0.455. The van der Waals surface area contributed by atoms with Crippen LogP contribution in [0, 0.1) is 27.7 Å². The number of aromatic nitrogens is 4. The fourth-order valence-electron chi connectivity index (χ4n) is 6.01. The molecule has 0 aliphatic rings. The maximum absolute atomic E-state index is 12.5. The third-order valence-electron chi connectivity index (χ3n) is 9.55. The van der Waals surface area contributed by atoms with Gasteiger partial charge in [0.2, 0.25) is 17.8 Å². The summed E-state index contributed by atoms with van der Waals surface area (Å²) in [7, 11) is 4.93. The molecule has 15 heteroatoms. The van der Waals surface area contributed by atoms with Crippen LogP contribution in [0.2, 0.25) is 0 Å². The maximum Gasteiger partial charge on any atom is 0.305 e. The summed E-state index contributed by atoms with van der Waals surface area (Å²) in [6, 6.07) is 12.1. The Hall–Kier alpha value is -5.96. The summed E-state index contributed by atoms with van der Waals surface area (Å²) in [5, 5.41) is 14.9. The Morgan fingerprint density at radius 2 is 0.949 bits per heavy atom. The van der Waals surface area contributed by atoms with E-state index < -0.39 is 0 Å². The van der Waals surface area contributed by atoms with Crippen LogP contribution in [0.3, 0.4) is 0 Å². The summed E-state index contributed by atoms with van der Waals surface area (Å²) in [5.74, 6) is 0.155. The lowest BCUT2D eigenvalue weighted by atomic mass is 10.1. The number of para-hydroxylation sites is 2. The van der Waals surface area contributed by atoms with Gasteiger partial charge in [-0.15, -0.1) is 0 Å². The van der Waals surface area contributed by atoms with E-state index in [0.717, 1.165) is 78.6 Å². The molecule has 2 aromatic heterocycles. The molecule has 2 aromatic carbocycles. The number of unbranched alkanes of at least 4 members (excludes halogenated alkanes) is 6. The Morgan fingerprint density at radius 1 is 0.593 bits per heavy atom. The van der Waals surface area contributed by atoms with Crippen LogP contribution in [0.15, 0.2) is 61.2 Å². The highest BCUT2D eigenvalue weighted by Crippen LogP contribution is 2.23. The number of ether oxygens (including phenoxy) is 1. The van der Waals surface area contributed by atoms with Crippen LogP contribution < -0.4 is 16.1 Å². The van der Waals surface area contributed by atoms with E-state index in [0.29, 0.717) is 55.4 Å². The highest BCUT2D eigenvalue weighted by molar-refractivity contribution is 5.94. The number of carbonyl (C=O) groups is 4. The van der Waals surface area contributed by atoms with Crippen molar-refractivity contribution in [1.29, 1.82) is 0 Å². The van der Waals surface area contributed by atoms with E-state index >= 15 is 0 Å². The van der Waals surface area contributed by atoms with Gasteiger partial charge >= 0.3 is 5.97 Å². The largest absolute Gasteiger partial charge is 0.469 e. The molecule has 15 nitrogen and oxygen atoms in total. The van der Waals surface area contributed by atoms with Crippen LogP contribution in [0.1, 0.15) is 115 Å². The monoisotopic (exact) mass is 813 g/mol. The van der Waals surface area contributed by atoms with Gasteiger partial charge in [-0.05, 0) is 75.6 Å². The molecule has 0 atom stereocenters. The van der Waals surface area contributed by atoms with Crippen LogP contribution in [0.25, 0.3) is 0 Å². The van der Waals surface area contributed by atoms with Gasteiger partial charge in [-0.25, -0.2) is 25.4 Å². The van der Waals surface area contributed by atoms with E-state index in [1.54, 1.807) is 41.8 Å². The molecule has 4 aromatic rings. The van der Waals surface area contributed by atoms with Crippen molar-refractivity contribution in [2.75, 3.05) is 44.9 Å². The van der Waals surface area contributed by atoms with Crippen molar-refractivity contribution in [2.24, 2.45) is 0 Å². The zero-order valence-electron chi connectivity index (χ0n) is 34.9. The Kier molecular flexibility index (Phi) is 21.8. The molecule has 0 saturated carbocycles. The predicted octanol–water partition coefficient (Wildman–Crippen LogP) is 8.03. The second-order valence-corrected chi connectivity index (χ2v) is 14.3. The first-order valence-corrected chi connectivity index (χ1v) is 19.7. The molecule has 3 amide bonds. The quantitative estimate of drug-likeness (QED) is 0.0291. The number of nitrogens with zero attached hydrogens (tertiary/aromatic N) is 6. The number of aryl methyl sites for hydroxylation is 4. The number of amides is 3. The molecule has 2 heterocycles. The summed E-state index contributed by atoms with van der Waals surface area (Å²) in [6.07, 6.45) is 13.9. The number of carbonyl (C=O) groups excluding carboxylic acids is 4. The lowest BCUT2D eigenvalue weighted by Crippen LogP contribution is -2.28. The molecule has 0 aliphatic heterocycles. The lowest BCUT2D eigenvalue weighted by molar-refractivity contribution is -0.140. The first-order valence-electron chi connectivity index (χ1n) is 19.7. The highest BCUT2D eigenvalue weighted by Gasteiger charge is 2.15. The maximum atomic E-state index is 12.5. The van der Waals surface area contributed by atoms with Gasteiger partial charge in [0.25, 0.3) is 11.8 Å². The SMILES string of the molecule is C.COC(=O)CCCCCCN(C)C(=O)c1cnc(Nc2c(C)cccc2C)nc1.Cc1cccc(C)c1Nc1ncc(C(=O)N(C)CCCCCCC(=O)NO)cn1. The molecule has 0 fully saturated rings. The normalized spacial score (nSPS) is 10.3. The van der Waals surface area contributed by atoms with Crippen molar-refractivity contribution in [3.05, 3.63) is 94.6 Å². The van der Waals surface area contributed by atoms with Crippen LogP contribution in [-0.4, -0.2) is 92.9 Å². The minimum absolute atomic E-state index is 0. The molecular weight excluding hydrogens is 751 g/mol. The zero-order valence-corrected chi connectivity index (χ0v) is 34.9. The molecule has 0 radical (unpaired) electrons. The summed E-state index contributed by atoms with van der Waals surface area (Å²) >= 11 is 0. The van der Waals surface area contributed by atoms with Crippen molar-refractivity contribution < 1.29 is 29.1 Å². The van der Waals surface area contributed by atoms with Gasteiger partial charge in [0.15, 0.2) is 0 Å². The van der Waals surface area contributed by atoms with Crippen LogP contribution in [-0.2, 0) is 14.3 Å². The predicted molar refractivity (Wildman–Crippen MR) is 231 cm³/mol. The number of benzene rings is 2. The molecule has 0 bridgehead atoms. The van der Waals surface area contributed by atoms with E-state index in [4.69, 9.17) is 5.21 Å². The van der Waals surface area contributed by atoms with Crippen molar-refractivity contribution in [3.8, 4) is 0 Å². The number of hydrogen-bond donors (Lipinski definition) is 4. The van der Waals surface area contributed by atoms with Gasteiger partial charge in [-0.2, -0.15) is 0 Å². The molecule has 59 heavy (non-hydrogen) atoms. The standard InChI is InChI=1S/C22H30N4O3.C21H29N5O3.CH4/c1-16-10-9-11-17(2)20(16)25-22-23-14-18(15-24-22)21(28)26(3)13-8-6-5-7-12-19(27)29-4;1-15-9-8-10-16(2)19(15)24-21-22-13-17(14-23-21)20(28)26(3)12-7-5-4-6-11-18(27)25-29;/h9-11,14-15H,5-8,12-13H2,1-4H3,(H,23,24,25);8-10,13-14,29H,4-7,11-12H2,1-3H3,(H,25,27)(H,22,23,24);1H4. The van der Waals surface area contributed by atoms with E-state index in [9.17, 15) is 19.2 Å². The first kappa shape index (κ1) is 49.2. The number of rotatable bonds is 20. The van der Waals surface area contributed by atoms with Crippen molar-refractivity contribution in [3.63, 3.8) is 0 Å². The minimum Gasteiger partial charge on any atom is -0.469 e. The zero-order chi connectivity index (χ0) is 42.5. The van der Waals surface area contributed by atoms with Crippen LogP contribution in [0.5, 0.6) is 0 Å². The molecule has 320 valence electrons. The smallest absolute Gasteiger partial charge is 0.305 e. The number of hydroxylamine groups is 1. The lowest BCUT2D eigenvalue weighted by Gasteiger charge is -2.17. The van der Waals surface area contributed by atoms with Gasteiger partial charge in [0.05, 0.1) is 18.2 Å². The second-order valence-electron chi connectivity index (χ2n) is 14.3. The summed E-state index contributed by atoms with van der Waals surface area (Å²) in [6.45, 7) is 9.36. The van der Waals surface area contributed by atoms with Crippen molar-refractivity contribution >= 4 is 47.0 Å². The topological polar surface area (TPSA) is 192 Å². The molecule has 4 rings (SSSR count). The van der Waals surface area contributed by atoms with Gasteiger partial charge in [0, 0.05) is 76.2 Å². The van der Waals surface area contributed by atoms with Gasteiger partial charge in [-0.1, -0.05) is 69.5 Å². The average Bonchev–Trinajstić information content (AvgIpc) is 3.23. The Labute approximate surface area is 349 Å². The third kappa shape index (κ3) is 16.8. The molecule has 0 spiro atoms. The Balaban J connectivity index is 0.000000400. The van der Waals surface area contributed by atoms with Crippen LogP contribution in [0.4, 0.5) is 23.3 Å². The number of esters is 1. The summed E-state index contributed by atoms with van der Waals surface area (Å²) < 4.78 is 4.62. The van der Waals surface area contributed by atoms with Gasteiger partial charge in [-0.3, -0.25) is 24.4 Å². The Bertz CT molecular complexity index is 1740. The summed E-state index contributed by atoms with van der Waals surface area (Å²) in [4.78, 5) is 67.5. The van der Waals surface area contributed by atoms with E-state index in [1.807, 2.05) is 64.1 Å². The van der Waals surface area contributed by atoms with Gasteiger partial charge in [0.1, 0.15) is 0 Å².